The van der Waals surface area contributed by atoms with Crippen LogP contribution < -0.4 is 0 Å². The van der Waals surface area contributed by atoms with Crippen LogP contribution in [0.3, 0.4) is 0 Å². The molecule has 36 heavy (non-hydrogen) atoms. The fraction of sp³-hybridized carbons (Fsp3) is 0.0769. The first kappa shape index (κ1) is 25.5. The molecule has 0 fully saturated rings. The number of carbonyl (C=O) groups excluding carboxylic acids is 1. The molecule has 0 bridgehead atoms. The maximum absolute atomic E-state index is 12.3. The van der Waals surface area contributed by atoms with Crippen LogP contribution in [0.4, 0.5) is 0 Å². The predicted molar refractivity (Wildman–Crippen MR) is 128 cm³/mol. The van der Waals surface area contributed by atoms with Crippen LogP contribution in [0.1, 0.15) is 22.3 Å². The summed E-state index contributed by atoms with van der Waals surface area (Å²) in [5, 5.41) is 67.1. The molecule has 0 aromatic heterocycles. The Balaban J connectivity index is 1.79. The van der Waals surface area contributed by atoms with E-state index >= 15 is 0 Å². The van der Waals surface area contributed by atoms with Gasteiger partial charge in [0.15, 0.2) is 34.5 Å². The lowest BCUT2D eigenvalue weighted by molar-refractivity contribution is -0.160. The molecule has 0 saturated carbocycles. The van der Waals surface area contributed by atoms with Crippen molar-refractivity contribution >= 4 is 30.2 Å². The van der Waals surface area contributed by atoms with Gasteiger partial charge in [-0.05, 0) is 64.7 Å². The highest BCUT2D eigenvalue weighted by molar-refractivity contribution is 5.90. The Morgan fingerprint density at radius 3 is 1.83 bits per heavy atom. The zero-order valence-corrected chi connectivity index (χ0v) is 18.6. The van der Waals surface area contributed by atoms with Crippen LogP contribution in [0.25, 0.3) is 18.2 Å². The van der Waals surface area contributed by atoms with Gasteiger partial charge < -0.3 is 40.5 Å². The fourth-order valence-electron chi connectivity index (χ4n) is 3.15. The van der Waals surface area contributed by atoms with Crippen LogP contribution >= 0.6 is 0 Å². The Morgan fingerprint density at radius 2 is 1.25 bits per heavy atom. The molecule has 0 aliphatic rings. The quantitative estimate of drug-likeness (QED) is 0.106. The van der Waals surface area contributed by atoms with Crippen LogP contribution in [0.15, 0.2) is 54.6 Å². The van der Waals surface area contributed by atoms with Crippen molar-refractivity contribution in [3.8, 4) is 34.5 Å². The number of hydrogen-bond donors (Lipinski definition) is 7. The number of carboxylic acids is 1. The maximum atomic E-state index is 12.3. The van der Waals surface area contributed by atoms with Crippen molar-refractivity contribution in [3.05, 3.63) is 76.9 Å². The molecule has 0 unspecified atom stereocenters. The summed E-state index contributed by atoms with van der Waals surface area (Å²) in [6.07, 6.45) is 3.42. The number of aromatic hydroxyl groups is 6. The van der Waals surface area contributed by atoms with Gasteiger partial charge in [0.05, 0.1) is 0 Å². The van der Waals surface area contributed by atoms with Crippen molar-refractivity contribution in [3.63, 3.8) is 0 Å². The minimum absolute atomic E-state index is 0.268. The highest BCUT2D eigenvalue weighted by Gasteiger charge is 2.22. The largest absolute Gasteiger partial charge is 0.504 e. The van der Waals surface area contributed by atoms with Gasteiger partial charge in [0, 0.05) is 12.5 Å². The molecule has 0 radical (unpaired) electrons. The van der Waals surface area contributed by atoms with Gasteiger partial charge in [-0.1, -0.05) is 24.3 Å². The zero-order chi connectivity index (χ0) is 26.4. The van der Waals surface area contributed by atoms with Crippen LogP contribution in [-0.2, 0) is 20.7 Å². The van der Waals surface area contributed by atoms with Crippen molar-refractivity contribution in [2.24, 2.45) is 0 Å². The van der Waals surface area contributed by atoms with E-state index in [9.17, 15) is 45.3 Å². The molecule has 10 nitrogen and oxygen atoms in total. The summed E-state index contributed by atoms with van der Waals surface area (Å²) in [6.45, 7) is 0. The molecule has 0 amide bonds. The van der Waals surface area contributed by atoms with Crippen molar-refractivity contribution in [2.75, 3.05) is 0 Å². The zero-order valence-electron chi connectivity index (χ0n) is 18.6. The molecule has 0 aliphatic heterocycles. The average molecular weight is 494 g/mol. The summed E-state index contributed by atoms with van der Waals surface area (Å²) in [5.41, 5.74) is 1.45. The lowest BCUT2D eigenvalue weighted by atomic mass is 10.0. The summed E-state index contributed by atoms with van der Waals surface area (Å²) >= 11 is 0. The standard InChI is InChI=1S/C26H22O10/c27-18-6-2-14(9-20(18)29)1-4-16-12-22(31)23(32)13-17(16)5-8-25(33)36-24(26(34)35)11-15-3-7-19(28)21(30)10-15/h1-10,12-13,24,27-32H,11H2,(H,34,35)/t24-/m1/s1. The number of hydrogen-bond acceptors (Lipinski definition) is 9. The highest BCUT2D eigenvalue weighted by atomic mass is 16.6. The van der Waals surface area contributed by atoms with E-state index in [2.05, 4.69) is 0 Å². The van der Waals surface area contributed by atoms with Crippen molar-refractivity contribution in [1.82, 2.24) is 0 Å². The molecule has 3 rings (SSSR count). The van der Waals surface area contributed by atoms with Crippen molar-refractivity contribution in [2.45, 2.75) is 12.5 Å². The molecule has 10 heteroatoms. The van der Waals surface area contributed by atoms with E-state index in [1.165, 1.54) is 54.6 Å². The third-order valence-corrected chi connectivity index (χ3v) is 5.03. The molecule has 0 spiro atoms. The lowest BCUT2D eigenvalue weighted by Crippen LogP contribution is -2.28. The first-order chi connectivity index (χ1) is 17.0. The predicted octanol–water partition coefficient (Wildman–Crippen LogP) is 3.34. The van der Waals surface area contributed by atoms with Crippen LogP contribution in [-0.4, -0.2) is 53.8 Å². The first-order valence-electron chi connectivity index (χ1n) is 10.4. The number of benzene rings is 3. The Bertz CT molecular complexity index is 1360. The number of esters is 1. The second-order valence-electron chi connectivity index (χ2n) is 7.68. The maximum Gasteiger partial charge on any atom is 0.345 e. The summed E-state index contributed by atoms with van der Waals surface area (Å²) in [4.78, 5) is 23.9. The molecular formula is C26H22O10. The molecule has 3 aromatic rings. The van der Waals surface area contributed by atoms with E-state index in [-0.39, 0.29) is 29.2 Å². The molecule has 0 heterocycles. The third kappa shape index (κ3) is 6.48. The molecule has 3 aromatic carbocycles. The topological polar surface area (TPSA) is 185 Å². The Hall–Kier alpha value is -5.12. The van der Waals surface area contributed by atoms with Gasteiger partial charge in [-0.25, -0.2) is 9.59 Å². The second kappa shape index (κ2) is 10.9. The normalized spacial score (nSPS) is 12.1. The molecular weight excluding hydrogens is 472 g/mol. The van der Waals surface area contributed by atoms with Crippen LogP contribution in [0.2, 0.25) is 0 Å². The van der Waals surface area contributed by atoms with Crippen molar-refractivity contribution in [1.29, 1.82) is 0 Å². The average Bonchev–Trinajstić information content (AvgIpc) is 2.82. The first-order valence-corrected chi connectivity index (χ1v) is 10.4. The van der Waals surface area contributed by atoms with Gasteiger partial charge in [0.1, 0.15) is 0 Å². The van der Waals surface area contributed by atoms with Crippen molar-refractivity contribution < 1.29 is 50.1 Å². The summed E-state index contributed by atoms with van der Waals surface area (Å²) in [6, 6.07) is 10.2. The van der Waals surface area contributed by atoms with E-state index in [1.54, 1.807) is 6.08 Å². The van der Waals surface area contributed by atoms with E-state index in [1.807, 2.05) is 0 Å². The molecule has 0 saturated heterocycles. The number of aliphatic carboxylic acids is 1. The third-order valence-electron chi connectivity index (χ3n) is 5.03. The van der Waals surface area contributed by atoms with E-state index in [4.69, 9.17) is 4.74 Å². The monoisotopic (exact) mass is 494 g/mol. The fourth-order valence-corrected chi connectivity index (χ4v) is 3.15. The minimum atomic E-state index is -1.58. The number of ether oxygens (including phenoxy) is 1. The van der Waals surface area contributed by atoms with E-state index in [0.717, 1.165) is 12.1 Å². The van der Waals surface area contributed by atoms with Gasteiger partial charge in [-0.3, -0.25) is 0 Å². The van der Waals surface area contributed by atoms with Gasteiger partial charge in [-0.2, -0.15) is 0 Å². The Kier molecular flexibility index (Phi) is 7.70. The van der Waals surface area contributed by atoms with Crippen LogP contribution in [0.5, 0.6) is 34.5 Å². The summed E-state index contributed by atoms with van der Waals surface area (Å²) in [5.74, 6) is -4.76. The molecule has 1 atom stereocenters. The summed E-state index contributed by atoms with van der Waals surface area (Å²) < 4.78 is 5.00. The number of phenols is 6. The number of rotatable bonds is 8. The second-order valence-corrected chi connectivity index (χ2v) is 7.68. The lowest BCUT2D eigenvalue weighted by Gasteiger charge is -2.13. The Labute approximate surface area is 204 Å². The SMILES string of the molecule is O=C(C=Cc1cc(O)c(O)cc1C=Cc1ccc(O)c(O)c1)O[C@H](Cc1ccc(O)c(O)c1)C(=O)O. The van der Waals surface area contributed by atoms with Gasteiger partial charge in [-0.15, -0.1) is 0 Å². The van der Waals surface area contributed by atoms with Gasteiger partial charge >= 0.3 is 11.9 Å². The van der Waals surface area contributed by atoms with E-state index in [0.29, 0.717) is 16.7 Å². The molecule has 7 N–H and O–H groups in total. The minimum Gasteiger partial charge on any atom is -0.504 e. The Morgan fingerprint density at radius 1 is 0.694 bits per heavy atom. The summed E-state index contributed by atoms with van der Waals surface area (Å²) in [7, 11) is 0. The molecule has 0 aliphatic carbocycles. The number of carboxylic acid groups (broad SMARTS) is 1. The van der Waals surface area contributed by atoms with Crippen LogP contribution in [0, 0.1) is 0 Å². The van der Waals surface area contributed by atoms with Gasteiger partial charge in [0.2, 0.25) is 6.10 Å². The number of carbonyl (C=O) groups is 2. The molecule has 186 valence electrons. The number of phenolic OH excluding ortho intramolecular Hbond substituents is 6. The highest BCUT2D eigenvalue weighted by Crippen LogP contribution is 2.31. The van der Waals surface area contributed by atoms with Gasteiger partial charge in [0.25, 0.3) is 0 Å². The smallest absolute Gasteiger partial charge is 0.345 e. The van der Waals surface area contributed by atoms with E-state index < -0.39 is 35.3 Å².